The Hall–Kier alpha value is -4.45. The van der Waals surface area contributed by atoms with Crippen LogP contribution in [0, 0.1) is 0 Å². The summed E-state index contributed by atoms with van der Waals surface area (Å²) in [5.74, 6) is -1.08. The molecule has 0 N–H and O–H groups in total. The summed E-state index contributed by atoms with van der Waals surface area (Å²) < 4.78 is 16.7. The molecule has 400 valence electrons. The molecule has 0 saturated heterocycles. The Bertz CT molecular complexity index is 1550. The van der Waals surface area contributed by atoms with Gasteiger partial charge in [-0.1, -0.05) is 231 Å². The highest BCUT2D eigenvalue weighted by Gasteiger charge is 2.19. The first kappa shape index (κ1) is 66.6. The van der Waals surface area contributed by atoms with Crippen LogP contribution in [0.15, 0.2) is 134 Å². The van der Waals surface area contributed by atoms with Gasteiger partial charge in [0.05, 0.1) is 0 Å². The largest absolute Gasteiger partial charge is 0.462 e. The number of hydrogen-bond acceptors (Lipinski definition) is 6. The van der Waals surface area contributed by atoms with Crippen LogP contribution in [0.2, 0.25) is 0 Å². The summed E-state index contributed by atoms with van der Waals surface area (Å²) in [4.78, 5) is 38.1. The zero-order valence-corrected chi connectivity index (χ0v) is 45.7. The number of esters is 3. The van der Waals surface area contributed by atoms with Gasteiger partial charge in [-0.3, -0.25) is 14.4 Å². The SMILES string of the molecule is CC/C=C\C/C=C\C/C=C\C/C=C\C/C=C\CCCC(=O)O[C@H](COC(=O)CC/C=C\C/C=C\C/C=C\C/C=C\C/C=C\CCCCC)COC(=O)CCCCCCCCC/C=C\CCCCCCCC. The smallest absolute Gasteiger partial charge is 0.306 e. The van der Waals surface area contributed by atoms with Crippen molar-refractivity contribution < 1.29 is 28.6 Å². The van der Waals surface area contributed by atoms with Crippen LogP contribution in [0.5, 0.6) is 0 Å². The molecular formula is C65H104O6. The van der Waals surface area contributed by atoms with Crippen LogP contribution in [0.1, 0.15) is 239 Å². The first-order valence-electron chi connectivity index (χ1n) is 28.7. The summed E-state index contributed by atoms with van der Waals surface area (Å²) in [6, 6.07) is 0. The minimum Gasteiger partial charge on any atom is -0.462 e. The highest BCUT2D eigenvalue weighted by atomic mass is 16.6. The van der Waals surface area contributed by atoms with Gasteiger partial charge in [0.1, 0.15) is 13.2 Å². The van der Waals surface area contributed by atoms with Gasteiger partial charge in [0.25, 0.3) is 0 Å². The summed E-state index contributed by atoms with van der Waals surface area (Å²) in [5.41, 5.74) is 0. The summed E-state index contributed by atoms with van der Waals surface area (Å²) in [6.07, 6.45) is 81.7. The van der Waals surface area contributed by atoms with Gasteiger partial charge in [-0.15, -0.1) is 0 Å². The molecule has 0 spiro atoms. The van der Waals surface area contributed by atoms with Gasteiger partial charge in [-0.25, -0.2) is 0 Å². The molecular weight excluding hydrogens is 877 g/mol. The van der Waals surface area contributed by atoms with Crippen LogP contribution >= 0.6 is 0 Å². The first-order chi connectivity index (χ1) is 35.0. The maximum absolute atomic E-state index is 12.8. The Morgan fingerprint density at radius 1 is 0.296 bits per heavy atom. The van der Waals surface area contributed by atoms with Gasteiger partial charge in [-0.05, 0) is 122 Å². The molecule has 0 aliphatic heterocycles. The third-order valence-corrected chi connectivity index (χ3v) is 11.6. The van der Waals surface area contributed by atoms with Crippen molar-refractivity contribution in [1.82, 2.24) is 0 Å². The van der Waals surface area contributed by atoms with E-state index in [-0.39, 0.29) is 38.0 Å². The molecule has 0 amide bonds. The van der Waals surface area contributed by atoms with Crippen molar-refractivity contribution in [1.29, 1.82) is 0 Å². The van der Waals surface area contributed by atoms with E-state index in [9.17, 15) is 14.4 Å². The third-order valence-electron chi connectivity index (χ3n) is 11.6. The van der Waals surface area contributed by atoms with Crippen molar-refractivity contribution in [3.05, 3.63) is 134 Å². The number of carbonyl (C=O) groups is 3. The van der Waals surface area contributed by atoms with Crippen molar-refractivity contribution in [3.63, 3.8) is 0 Å². The summed E-state index contributed by atoms with van der Waals surface area (Å²) in [6.45, 7) is 6.37. The molecule has 0 aliphatic carbocycles. The molecule has 0 aromatic carbocycles. The van der Waals surface area contributed by atoms with Crippen LogP contribution in [-0.4, -0.2) is 37.2 Å². The van der Waals surface area contributed by atoms with Gasteiger partial charge < -0.3 is 14.2 Å². The molecule has 71 heavy (non-hydrogen) atoms. The van der Waals surface area contributed by atoms with Crippen molar-refractivity contribution in [2.45, 2.75) is 245 Å². The molecule has 6 nitrogen and oxygen atoms in total. The number of allylic oxidation sites excluding steroid dienone is 22. The summed E-state index contributed by atoms with van der Waals surface area (Å²) >= 11 is 0. The Balaban J connectivity index is 4.61. The average molecular weight is 982 g/mol. The molecule has 1 atom stereocenters. The van der Waals surface area contributed by atoms with Crippen LogP contribution in [0.25, 0.3) is 0 Å². The topological polar surface area (TPSA) is 78.9 Å². The zero-order chi connectivity index (χ0) is 51.4. The number of carbonyl (C=O) groups excluding carboxylic acids is 3. The van der Waals surface area contributed by atoms with E-state index in [1.165, 1.54) is 103 Å². The predicted molar refractivity (Wildman–Crippen MR) is 306 cm³/mol. The highest BCUT2D eigenvalue weighted by molar-refractivity contribution is 5.71. The van der Waals surface area contributed by atoms with Gasteiger partial charge in [0.15, 0.2) is 6.10 Å². The number of hydrogen-bond donors (Lipinski definition) is 0. The lowest BCUT2D eigenvalue weighted by Gasteiger charge is -2.18. The Kier molecular flexibility index (Phi) is 54.5. The molecule has 0 rings (SSSR count). The van der Waals surface area contributed by atoms with Crippen LogP contribution < -0.4 is 0 Å². The Morgan fingerprint density at radius 2 is 0.592 bits per heavy atom. The highest BCUT2D eigenvalue weighted by Crippen LogP contribution is 2.13. The van der Waals surface area contributed by atoms with Crippen LogP contribution in [0.3, 0.4) is 0 Å². The summed E-state index contributed by atoms with van der Waals surface area (Å²) in [5, 5.41) is 0. The monoisotopic (exact) mass is 981 g/mol. The van der Waals surface area contributed by atoms with E-state index in [0.29, 0.717) is 19.3 Å². The fraction of sp³-hybridized carbons (Fsp3) is 0.615. The van der Waals surface area contributed by atoms with E-state index in [1.807, 2.05) is 12.2 Å². The Morgan fingerprint density at radius 3 is 1.03 bits per heavy atom. The lowest BCUT2D eigenvalue weighted by atomic mass is 10.1. The molecule has 0 saturated carbocycles. The number of ether oxygens (including phenoxy) is 3. The Labute approximate surface area is 436 Å². The van der Waals surface area contributed by atoms with Crippen molar-refractivity contribution >= 4 is 17.9 Å². The van der Waals surface area contributed by atoms with Crippen LogP contribution in [0.4, 0.5) is 0 Å². The third kappa shape index (κ3) is 56.3. The molecule has 0 unspecified atom stereocenters. The minimum atomic E-state index is -0.845. The second-order valence-electron chi connectivity index (χ2n) is 18.5. The van der Waals surface area contributed by atoms with E-state index in [2.05, 4.69) is 142 Å². The fourth-order valence-electron chi connectivity index (χ4n) is 7.34. The number of unbranched alkanes of at least 4 members (excludes halogenated alkanes) is 17. The molecule has 0 aromatic rings. The zero-order valence-electron chi connectivity index (χ0n) is 45.7. The average Bonchev–Trinajstić information content (AvgIpc) is 3.37. The van der Waals surface area contributed by atoms with Gasteiger partial charge in [0, 0.05) is 19.3 Å². The molecule has 0 bridgehead atoms. The number of rotatable bonds is 50. The normalized spacial score (nSPS) is 13.1. The molecule has 0 radical (unpaired) electrons. The lowest BCUT2D eigenvalue weighted by Crippen LogP contribution is -2.30. The maximum atomic E-state index is 12.8. The van der Waals surface area contributed by atoms with E-state index >= 15 is 0 Å². The standard InChI is InChI=1S/C65H104O6/c1-4-7-10-13-16-19-22-25-28-31-32-35-37-40-43-46-49-52-55-58-64(67)70-61-62(71-65(68)59-56-53-50-47-44-41-38-34-30-27-24-21-18-15-12-9-6-3)60-69-63(66)57-54-51-48-45-42-39-36-33-29-26-23-20-17-14-11-8-5-2/h9,12,16,18-19,21,25-30,32,35,38,40-41,43,47,49-50,52,62H,4-8,10-11,13-15,17,20,22-24,31,33-34,36-37,39,42,44-46,48,51,53-61H2,1-3H3/b12-9-,19-16-,21-18-,28-25-,29-26-,30-27-,35-32-,41-38-,43-40-,50-47-,52-49-/t62-/m0/s1. The van der Waals surface area contributed by atoms with Crippen molar-refractivity contribution in [3.8, 4) is 0 Å². The fourth-order valence-corrected chi connectivity index (χ4v) is 7.34. The maximum Gasteiger partial charge on any atom is 0.306 e. The quantitative estimate of drug-likeness (QED) is 0.0262. The minimum absolute atomic E-state index is 0.130. The second kappa shape index (κ2) is 58.1. The van der Waals surface area contributed by atoms with Crippen molar-refractivity contribution in [2.24, 2.45) is 0 Å². The summed E-state index contributed by atoms with van der Waals surface area (Å²) in [7, 11) is 0. The molecule has 0 heterocycles. The molecule has 0 aliphatic rings. The lowest BCUT2D eigenvalue weighted by molar-refractivity contribution is -0.166. The molecule has 0 aromatic heterocycles. The second-order valence-corrected chi connectivity index (χ2v) is 18.5. The van der Waals surface area contributed by atoms with Gasteiger partial charge >= 0.3 is 17.9 Å². The van der Waals surface area contributed by atoms with Gasteiger partial charge in [-0.2, -0.15) is 0 Å². The molecule has 6 heteroatoms. The van der Waals surface area contributed by atoms with E-state index < -0.39 is 12.1 Å². The van der Waals surface area contributed by atoms with E-state index in [1.54, 1.807) is 0 Å². The first-order valence-corrected chi connectivity index (χ1v) is 28.7. The predicted octanol–water partition coefficient (Wildman–Crippen LogP) is 19.4. The molecule has 0 fully saturated rings. The van der Waals surface area contributed by atoms with E-state index in [0.717, 1.165) is 83.5 Å². The van der Waals surface area contributed by atoms with E-state index in [4.69, 9.17) is 14.2 Å². The van der Waals surface area contributed by atoms with Crippen molar-refractivity contribution in [2.75, 3.05) is 13.2 Å². The van der Waals surface area contributed by atoms with Gasteiger partial charge in [0.2, 0.25) is 0 Å². The van der Waals surface area contributed by atoms with Crippen LogP contribution in [-0.2, 0) is 28.6 Å².